The molecular weight excluding hydrogens is 604 g/mol. The van der Waals surface area contributed by atoms with Crippen LogP contribution in [0.4, 0.5) is 11.4 Å². The monoisotopic (exact) mass is 630 g/mol. The van der Waals surface area contributed by atoms with Crippen molar-refractivity contribution in [3.05, 3.63) is 137 Å². The van der Waals surface area contributed by atoms with Crippen molar-refractivity contribution < 1.29 is 38.3 Å². The molecule has 5 aromatic carbocycles. The number of ketones is 1. The zero-order chi connectivity index (χ0) is 32.9. The van der Waals surface area contributed by atoms with Gasteiger partial charge in [-0.15, -0.1) is 0 Å². The van der Waals surface area contributed by atoms with E-state index >= 15 is 0 Å². The Hall–Kier alpha value is -6.36. The van der Waals surface area contributed by atoms with E-state index < -0.39 is 35.2 Å². The van der Waals surface area contributed by atoms with Gasteiger partial charge in [0.2, 0.25) is 5.91 Å². The smallest absolute Gasteiger partial charge is 0.343 e. The number of nitro benzene ring substituents is 1. The number of hydrogen-bond donors (Lipinski definition) is 0. The van der Waals surface area contributed by atoms with Gasteiger partial charge < -0.3 is 19.1 Å². The number of nitrogens with zero attached hydrogens (tertiary/aromatic N) is 2. The van der Waals surface area contributed by atoms with Gasteiger partial charge in [0.1, 0.15) is 17.2 Å². The summed E-state index contributed by atoms with van der Waals surface area (Å²) in [5, 5.41) is 12.8. The maximum absolute atomic E-state index is 12.8. The van der Waals surface area contributed by atoms with Crippen LogP contribution in [0, 0.1) is 16.0 Å². The molecule has 234 valence electrons. The van der Waals surface area contributed by atoms with Crippen molar-refractivity contribution in [1.82, 2.24) is 0 Å². The lowest BCUT2D eigenvalue weighted by Crippen LogP contribution is -2.27. The first-order valence-corrected chi connectivity index (χ1v) is 14.6. The fourth-order valence-corrected chi connectivity index (χ4v) is 5.15. The minimum atomic E-state index is -0.733. The Kier molecular flexibility index (Phi) is 8.69. The second kappa shape index (κ2) is 13.3. The van der Waals surface area contributed by atoms with E-state index in [1.807, 2.05) is 42.5 Å². The highest BCUT2D eigenvalue weighted by Gasteiger charge is 2.36. The first kappa shape index (κ1) is 30.7. The van der Waals surface area contributed by atoms with Crippen molar-refractivity contribution in [2.45, 2.75) is 6.42 Å². The molecule has 1 saturated heterocycles. The number of ether oxygens (including phenoxy) is 3. The molecule has 0 aliphatic carbocycles. The summed E-state index contributed by atoms with van der Waals surface area (Å²) in [4.78, 5) is 62.2. The highest BCUT2D eigenvalue weighted by atomic mass is 16.6. The number of amides is 1. The predicted octanol–water partition coefficient (Wildman–Crippen LogP) is 6.54. The van der Waals surface area contributed by atoms with Crippen molar-refractivity contribution in [2.24, 2.45) is 5.92 Å². The average Bonchev–Trinajstić information content (AvgIpc) is 3.49. The minimum absolute atomic E-state index is 0.0455. The molecule has 1 amide bonds. The lowest BCUT2D eigenvalue weighted by molar-refractivity contribution is -0.384. The van der Waals surface area contributed by atoms with Crippen LogP contribution in [0.3, 0.4) is 0 Å². The third kappa shape index (κ3) is 6.99. The molecule has 0 saturated carbocycles. The lowest BCUT2D eigenvalue weighted by atomic mass is 10.1. The number of esters is 2. The third-order valence-electron chi connectivity index (χ3n) is 7.63. The molecule has 11 nitrogen and oxygen atoms in total. The molecule has 1 fully saturated rings. The Morgan fingerprint density at radius 1 is 0.787 bits per heavy atom. The molecule has 0 unspecified atom stereocenters. The number of anilines is 1. The van der Waals surface area contributed by atoms with Crippen LogP contribution in [-0.4, -0.2) is 41.7 Å². The SMILES string of the molecule is O=C(COC(=O)[C@@H]1CC(=O)N(c2ccc(Oc3cccc4ccccc34)cc2)C1)c1ccc(OC(=O)c2ccc([N+](=O)[O-])cc2)cc1. The van der Waals surface area contributed by atoms with E-state index in [-0.39, 0.29) is 41.4 Å². The maximum Gasteiger partial charge on any atom is 0.343 e. The minimum Gasteiger partial charge on any atom is -0.457 e. The quantitative estimate of drug-likeness (QED) is 0.0553. The second-order valence-electron chi connectivity index (χ2n) is 10.7. The van der Waals surface area contributed by atoms with Gasteiger partial charge in [-0.25, -0.2) is 4.79 Å². The maximum atomic E-state index is 12.8. The van der Waals surface area contributed by atoms with Crippen molar-refractivity contribution in [3.63, 3.8) is 0 Å². The number of rotatable bonds is 10. The Labute approximate surface area is 268 Å². The number of nitro groups is 1. The van der Waals surface area contributed by atoms with Crippen LogP contribution >= 0.6 is 0 Å². The van der Waals surface area contributed by atoms with E-state index in [0.717, 1.165) is 10.8 Å². The molecule has 6 rings (SSSR count). The largest absolute Gasteiger partial charge is 0.457 e. The first-order chi connectivity index (χ1) is 22.7. The molecule has 1 aliphatic rings. The number of carbonyl (C=O) groups excluding carboxylic acids is 4. The lowest BCUT2D eigenvalue weighted by Gasteiger charge is -2.17. The first-order valence-electron chi connectivity index (χ1n) is 14.6. The Balaban J connectivity index is 0.994. The summed E-state index contributed by atoms with van der Waals surface area (Å²) in [6.07, 6.45) is -0.0455. The number of Topliss-reactive ketones (excluding diaryl/α,β-unsaturated/α-hetero) is 1. The molecule has 1 atom stereocenters. The standard InChI is InChI=1S/C36H26N2O9/c39-32(24-10-16-30(17-11-24)47-36(42)25-8-12-28(13-9-25)38(43)44)22-45-35(41)26-20-34(40)37(21-26)27-14-18-29(19-15-27)46-33-7-3-5-23-4-1-2-6-31(23)33/h1-19,26H,20-22H2/t26-/m1/s1. The number of fused-ring (bicyclic) bond motifs is 1. The van der Waals surface area contributed by atoms with Crippen molar-refractivity contribution in [3.8, 4) is 17.2 Å². The van der Waals surface area contributed by atoms with Crippen LogP contribution in [0.25, 0.3) is 10.8 Å². The molecule has 1 heterocycles. The highest BCUT2D eigenvalue weighted by Crippen LogP contribution is 2.32. The van der Waals surface area contributed by atoms with E-state index in [1.165, 1.54) is 53.4 Å². The second-order valence-corrected chi connectivity index (χ2v) is 10.7. The van der Waals surface area contributed by atoms with Crippen molar-refractivity contribution in [1.29, 1.82) is 0 Å². The van der Waals surface area contributed by atoms with Gasteiger partial charge in [-0.05, 0) is 72.1 Å². The van der Waals surface area contributed by atoms with Crippen molar-refractivity contribution in [2.75, 3.05) is 18.1 Å². The van der Waals surface area contributed by atoms with E-state index in [1.54, 1.807) is 24.3 Å². The predicted molar refractivity (Wildman–Crippen MR) is 171 cm³/mol. The van der Waals surface area contributed by atoms with E-state index in [4.69, 9.17) is 14.2 Å². The molecule has 0 aromatic heterocycles. The molecule has 1 aliphatic heterocycles. The Bertz CT molecular complexity index is 1980. The van der Waals surface area contributed by atoms with Crippen LogP contribution in [0.5, 0.6) is 17.2 Å². The molecular formula is C36H26N2O9. The number of carbonyl (C=O) groups is 4. The molecule has 0 radical (unpaired) electrons. The zero-order valence-corrected chi connectivity index (χ0v) is 24.7. The molecule has 47 heavy (non-hydrogen) atoms. The summed E-state index contributed by atoms with van der Waals surface area (Å²) in [7, 11) is 0. The fourth-order valence-electron chi connectivity index (χ4n) is 5.15. The molecule has 0 spiro atoms. The van der Waals surface area contributed by atoms with Gasteiger partial charge in [-0.1, -0.05) is 36.4 Å². The van der Waals surface area contributed by atoms with Crippen LogP contribution in [0.2, 0.25) is 0 Å². The summed E-state index contributed by atoms with van der Waals surface area (Å²) in [5.74, 6) is -1.36. The summed E-state index contributed by atoms with van der Waals surface area (Å²) >= 11 is 0. The highest BCUT2D eigenvalue weighted by molar-refractivity contribution is 6.01. The fraction of sp³-hybridized carbons (Fsp3) is 0.111. The number of hydrogen-bond acceptors (Lipinski definition) is 9. The van der Waals surface area contributed by atoms with Gasteiger partial charge >= 0.3 is 11.9 Å². The normalized spacial score (nSPS) is 14.1. The van der Waals surface area contributed by atoms with Gasteiger partial charge in [0, 0.05) is 41.7 Å². The van der Waals surface area contributed by atoms with E-state index in [9.17, 15) is 29.3 Å². The van der Waals surface area contributed by atoms with E-state index in [2.05, 4.69) is 0 Å². The van der Waals surface area contributed by atoms with Gasteiger partial charge in [0.05, 0.1) is 16.4 Å². The van der Waals surface area contributed by atoms with Gasteiger partial charge in [-0.2, -0.15) is 0 Å². The average molecular weight is 631 g/mol. The molecule has 0 bridgehead atoms. The molecule has 5 aromatic rings. The summed E-state index contributed by atoms with van der Waals surface area (Å²) in [5.41, 5.74) is 0.800. The van der Waals surface area contributed by atoms with Crippen LogP contribution < -0.4 is 14.4 Å². The van der Waals surface area contributed by atoms with Gasteiger partial charge in [0.25, 0.3) is 5.69 Å². The number of non-ortho nitro benzene ring substituents is 1. The Morgan fingerprint density at radius 2 is 1.45 bits per heavy atom. The summed E-state index contributed by atoms with van der Waals surface area (Å²) in [6, 6.07) is 31.3. The third-order valence-corrected chi connectivity index (χ3v) is 7.63. The topological polar surface area (TPSA) is 142 Å². The van der Waals surface area contributed by atoms with Gasteiger partial charge in [-0.3, -0.25) is 24.5 Å². The number of benzene rings is 5. The molecule has 0 N–H and O–H groups in total. The van der Waals surface area contributed by atoms with Crippen molar-refractivity contribution >= 4 is 45.8 Å². The molecule has 11 heteroatoms. The summed E-state index contributed by atoms with van der Waals surface area (Å²) in [6.45, 7) is -0.407. The summed E-state index contributed by atoms with van der Waals surface area (Å²) < 4.78 is 16.6. The van der Waals surface area contributed by atoms with Crippen LogP contribution in [-0.2, 0) is 14.3 Å². The van der Waals surface area contributed by atoms with Crippen LogP contribution in [0.15, 0.2) is 115 Å². The van der Waals surface area contributed by atoms with Gasteiger partial charge in [0.15, 0.2) is 12.4 Å². The van der Waals surface area contributed by atoms with E-state index in [0.29, 0.717) is 17.2 Å². The Morgan fingerprint density at radius 3 is 2.17 bits per heavy atom. The zero-order valence-electron chi connectivity index (χ0n) is 24.7. The van der Waals surface area contributed by atoms with Crippen LogP contribution in [0.1, 0.15) is 27.1 Å².